The van der Waals surface area contributed by atoms with E-state index in [9.17, 15) is 0 Å². The van der Waals surface area contributed by atoms with Gasteiger partial charge in [0, 0.05) is 11.6 Å². The fourth-order valence-corrected chi connectivity index (χ4v) is 2.13. The molecular weight excluding hydrogens is 246 g/mol. The number of halogens is 1. The van der Waals surface area contributed by atoms with Gasteiger partial charge in [-0.15, -0.1) is 0 Å². The van der Waals surface area contributed by atoms with Gasteiger partial charge in [0.2, 0.25) is 0 Å². The molecule has 1 N–H and O–H groups in total. The van der Waals surface area contributed by atoms with Crippen LogP contribution in [0, 0.1) is 13.8 Å². The lowest BCUT2D eigenvalue weighted by molar-refractivity contribution is 0.415. The van der Waals surface area contributed by atoms with E-state index in [1.807, 2.05) is 31.2 Å². The van der Waals surface area contributed by atoms with Gasteiger partial charge in [0.25, 0.3) is 0 Å². The van der Waals surface area contributed by atoms with Crippen LogP contribution in [0.4, 0.5) is 0 Å². The molecular formula is C15H18ClNO. The first-order chi connectivity index (χ1) is 8.56. The number of furan rings is 1. The molecule has 18 heavy (non-hydrogen) atoms. The lowest BCUT2D eigenvalue weighted by Gasteiger charge is -2.13. The molecule has 0 aliphatic heterocycles. The number of rotatable bonds is 4. The van der Waals surface area contributed by atoms with Crippen molar-refractivity contribution in [3.63, 3.8) is 0 Å². The third kappa shape index (κ3) is 3.15. The van der Waals surface area contributed by atoms with Gasteiger partial charge in [-0.1, -0.05) is 17.7 Å². The van der Waals surface area contributed by atoms with Crippen molar-refractivity contribution in [1.82, 2.24) is 5.32 Å². The van der Waals surface area contributed by atoms with Crippen LogP contribution in [0.1, 0.15) is 35.6 Å². The summed E-state index contributed by atoms with van der Waals surface area (Å²) in [4.78, 5) is 0. The topological polar surface area (TPSA) is 25.2 Å². The summed E-state index contributed by atoms with van der Waals surface area (Å²) in [6.07, 6.45) is 0. The maximum atomic E-state index is 5.94. The van der Waals surface area contributed by atoms with Crippen molar-refractivity contribution in [3.8, 4) is 0 Å². The first-order valence-electron chi connectivity index (χ1n) is 6.11. The van der Waals surface area contributed by atoms with E-state index in [0.29, 0.717) is 0 Å². The second-order valence-corrected chi connectivity index (χ2v) is 5.06. The van der Waals surface area contributed by atoms with E-state index in [1.165, 1.54) is 11.1 Å². The van der Waals surface area contributed by atoms with Crippen LogP contribution in [-0.2, 0) is 6.54 Å². The van der Waals surface area contributed by atoms with Gasteiger partial charge in [-0.05, 0) is 56.2 Å². The molecule has 1 heterocycles. The van der Waals surface area contributed by atoms with Crippen LogP contribution in [0.25, 0.3) is 0 Å². The number of benzene rings is 1. The number of hydrogen-bond donors (Lipinski definition) is 1. The van der Waals surface area contributed by atoms with Crippen molar-refractivity contribution < 1.29 is 4.42 Å². The Hall–Kier alpha value is -1.25. The summed E-state index contributed by atoms with van der Waals surface area (Å²) in [5.74, 6) is 1.92. The Morgan fingerprint density at radius 2 is 2.00 bits per heavy atom. The van der Waals surface area contributed by atoms with E-state index < -0.39 is 0 Å². The normalized spacial score (nSPS) is 12.7. The molecule has 1 unspecified atom stereocenters. The van der Waals surface area contributed by atoms with E-state index in [1.54, 1.807) is 0 Å². The van der Waals surface area contributed by atoms with Crippen LogP contribution >= 0.6 is 11.6 Å². The smallest absolute Gasteiger partial charge is 0.120 e. The van der Waals surface area contributed by atoms with E-state index >= 15 is 0 Å². The third-order valence-corrected chi connectivity index (χ3v) is 3.33. The molecule has 3 heteroatoms. The summed E-state index contributed by atoms with van der Waals surface area (Å²) in [5.41, 5.74) is 2.47. The number of aryl methyl sites for hydroxylation is 2. The minimum atomic E-state index is 0.203. The van der Waals surface area contributed by atoms with Gasteiger partial charge in [-0.2, -0.15) is 0 Å². The van der Waals surface area contributed by atoms with Crippen LogP contribution < -0.4 is 5.32 Å². The molecule has 0 saturated carbocycles. The van der Waals surface area contributed by atoms with Crippen molar-refractivity contribution in [1.29, 1.82) is 0 Å². The SMILES string of the molecule is Cc1ccc(C(C)NCc2ccc(Cl)cc2C)o1. The fourth-order valence-electron chi connectivity index (χ4n) is 1.91. The van der Waals surface area contributed by atoms with Gasteiger partial charge >= 0.3 is 0 Å². The molecule has 96 valence electrons. The molecule has 2 aromatic rings. The number of nitrogens with one attached hydrogen (secondary N) is 1. The summed E-state index contributed by atoms with van der Waals surface area (Å²) in [7, 11) is 0. The molecule has 0 radical (unpaired) electrons. The van der Waals surface area contributed by atoms with Crippen LogP contribution in [-0.4, -0.2) is 0 Å². The summed E-state index contributed by atoms with van der Waals surface area (Å²) >= 11 is 5.94. The Morgan fingerprint density at radius 3 is 2.61 bits per heavy atom. The van der Waals surface area contributed by atoms with Gasteiger partial charge in [-0.3, -0.25) is 0 Å². The van der Waals surface area contributed by atoms with Crippen molar-refractivity contribution in [2.24, 2.45) is 0 Å². The predicted molar refractivity (Wildman–Crippen MR) is 74.9 cm³/mol. The maximum absolute atomic E-state index is 5.94. The Bertz CT molecular complexity index is 533. The summed E-state index contributed by atoms with van der Waals surface area (Å²) in [5, 5.41) is 4.24. The molecule has 2 rings (SSSR count). The molecule has 0 spiro atoms. The van der Waals surface area contributed by atoms with Gasteiger partial charge in [0.1, 0.15) is 11.5 Å². The Kier molecular flexibility index (Phi) is 4.10. The molecule has 0 amide bonds. The van der Waals surface area contributed by atoms with Gasteiger partial charge in [0.05, 0.1) is 6.04 Å². The standard InChI is InChI=1S/C15H18ClNO/c1-10-8-14(16)6-5-13(10)9-17-12(3)15-7-4-11(2)18-15/h4-8,12,17H,9H2,1-3H3. The van der Waals surface area contributed by atoms with Crippen molar-refractivity contribution in [3.05, 3.63) is 58.0 Å². The lowest BCUT2D eigenvalue weighted by Crippen LogP contribution is -2.18. The Balaban J connectivity index is 1.99. The third-order valence-electron chi connectivity index (χ3n) is 3.09. The highest BCUT2D eigenvalue weighted by atomic mass is 35.5. The predicted octanol–water partition coefficient (Wildman–Crippen LogP) is 4.40. The van der Waals surface area contributed by atoms with Crippen LogP contribution in [0.15, 0.2) is 34.7 Å². The lowest BCUT2D eigenvalue weighted by atomic mass is 10.1. The fraction of sp³-hybridized carbons (Fsp3) is 0.333. The van der Waals surface area contributed by atoms with Gasteiger partial charge in [-0.25, -0.2) is 0 Å². The highest BCUT2D eigenvalue weighted by molar-refractivity contribution is 6.30. The van der Waals surface area contributed by atoms with Crippen LogP contribution in [0.3, 0.4) is 0 Å². The quantitative estimate of drug-likeness (QED) is 0.884. The zero-order valence-corrected chi connectivity index (χ0v) is 11.7. The second kappa shape index (κ2) is 5.59. The Morgan fingerprint density at radius 1 is 1.22 bits per heavy atom. The van der Waals surface area contributed by atoms with Crippen LogP contribution in [0.2, 0.25) is 5.02 Å². The van der Waals surface area contributed by atoms with E-state index in [2.05, 4.69) is 25.2 Å². The molecule has 1 aromatic heterocycles. The van der Waals surface area contributed by atoms with E-state index in [-0.39, 0.29) is 6.04 Å². The summed E-state index contributed by atoms with van der Waals surface area (Å²) in [6.45, 7) is 6.94. The second-order valence-electron chi connectivity index (χ2n) is 4.62. The molecule has 0 saturated heterocycles. The van der Waals surface area contributed by atoms with E-state index in [4.69, 9.17) is 16.0 Å². The minimum Gasteiger partial charge on any atom is -0.465 e. The van der Waals surface area contributed by atoms with Gasteiger partial charge < -0.3 is 9.73 Å². The molecule has 1 aromatic carbocycles. The van der Waals surface area contributed by atoms with Crippen molar-refractivity contribution in [2.45, 2.75) is 33.4 Å². The maximum Gasteiger partial charge on any atom is 0.120 e. The van der Waals surface area contributed by atoms with Crippen molar-refractivity contribution in [2.75, 3.05) is 0 Å². The zero-order chi connectivity index (χ0) is 13.1. The summed E-state index contributed by atoms with van der Waals surface area (Å²) < 4.78 is 5.60. The average molecular weight is 264 g/mol. The van der Waals surface area contributed by atoms with Crippen molar-refractivity contribution >= 4 is 11.6 Å². The highest BCUT2D eigenvalue weighted by Gasteiger charge is 2.09. The first kappa shape index (κ1) is 13.2. The molecule has 0 fully saturated rings. The summed E-state index contributed by atoms with van der Waals surface area (Å²) in [6, 6.07) is 10.2. The Labute approximate surface area is 113 Å². The zero-order valence-electron chi connectivity index (χ0n) is 11.0. The van der Waals surface area contributed by atoms with Gasteiger partial charge in [0.15, 0.2) is 0 Å². The molecule has 2 nitrogen and oxygen atoms in total. The van der Waals surface area contributed by atoms with E-state index in [0.717, 1.165) is 23.1 Å². The molecule has 0 aliphatic rings. The number of hydrogen-bond acceptors (Lipinski definition) is 2. The highest BCUT2D eigenvalue weighted by Crippen LogP contribution is 2.18. The molecule has 1 atom stereocenters. The first-order valence-corrected chi connectivity index (χ1v) is 6.49. The molecule has 0 bridgehead atoms. The van der Waals surface area contributed by atoms with Crippen LogP contribution in [0.5, 0.6) is 0 Å². The molecule has 0 aliphatic carbocycles. The monoisotopic (exact) mass is 263 g/mol. The average Bonchev–Trinajstić information content (AvgIpc) is 2.74. The minimum absolute atomic E-state index is 0.203. The largest absolute Gasteiger partial charge is 0.465 e.